The molecule has 0 spiro atoms. The highest BCUT2D eigenvalue weighted by atomic mass is 32.2. The van der Waals surface area contributed by atoms with Gasteiger partial charge in [-0.2, -0.15) is 11.8 Å². The molecular weight excluding hydrogens is 280 g/mol. The lowest BCUT2D eigenvalue weighted by Crippen LogP contribution is -2.38. The molecule has 0 aromatic heterocycles. The van der Waals surface area contributed by atoms with Gasteiger partial charge in [0.2, 0.25) is 0 Å². The van der Waals surface area contributed by atoms with E-state index in [9.17, 15) is 0 Å². The molecule has 1 N–H and O–H groups in total. The molecule has 0 aliphatic carbocycles. The van der Waals surface area contributed by atoms with E-state index in [1.165, 1.54) is 36.7 Å². The van der Waals surface area contributed by atoms with E-state index in [2.05, 4.69) is 65.9 Å². The quantitative estimate of drug-likeness (QED) is 0.641. The first-order valence-corrected chi connectivity index (χ1v) is 12.3. The average molecular weight is 309 g/mol. The van der Waals surface area contributed by atoms with E-state index in [1.807, 2.05) is 0 Å². The van der Waals surface area contributed by atoms with Crippen LogP contribution in [0.2, 0.25) is 19.6 Å². The Bertz CT molecular complexity index is 394. The summed E-state index contributed by atoms with van der Waals surface area (Å²) in [6.45, 7) is 13.0. The smallest absolute Gasteiger partial charge is 0.0775 e. The van der Waals surface area contributed by atoms with Gasteiger partial charge in [0.05, 0.1) is 8.07 Å². The van der Waals surface area contributed by atoms with E-state index in [-0.39, 0.29) is 0 Å². The molecule has 2 nitrogen and oxygen atoms in total. The molecule has 1 saturated heterocycles. The largest absolute Gasteiger partial charge is 0.311 e. The fourth-order valence-electron chi connectivity index (χ4n) is 2.42. The Kier molecular flexibility index (Phi) is 6.14. The van der Waals surface area contributed by atoms with Crippen LogP contribution in [0.15, 0.2) is 24.3 Å². The fraction of sp³-hybridized carbons (Fsp3) is 0.625. The summed E-state index contributed by atoms with van der Waals surface area (Å²) in [6.07, 6.45) is 0. The summed E-state index contributed by atoms with van der Waals surface area (Å²) in [5.74, 6) is 2.61. The van der Waals surface area contributed by atoms with Crippen LogP contribution in [0.5, 0.6) is 0 Å². The molecule has 0 saturated carbocycles. The van der Waals surface area contributed by atoms with Crippen molar-refractivity contribution < 1.29 is 0 Å². The van der Waals surface area contributed by atoms with E-state index in [0.29, 0.717) is 0 Å². The number of thioether (sulfide) groups is 1. The number of benzene rings is 1. The predicted octanol–water partition coefficient (Wildman–Crippen LogP) is 2.37. The van der Waals surface area contributed by atoms with Gasteiger partial charge in [-0.05, 0) is 5.56 Å². The van der Waals surface area contributed by atoms with Crippen LogP contribution in [-0.4, -0.2) is 50.7 Å². The number of hydrogen-bond acceptors (Lipinski definition) is 3. The van der Waals surface area contributed by atoms with Gasteiger partial charge in [0.1, 0.15) is 0 Å². The minimum Gasteiger partial charge on any atom is -0.311 e. The molecule has 2 rings (SSSR count). The fourth-order valence-corrected chi connectivity index (χ4v) is 4.56. The molecule has 4 heteroatoms. The van der Waals surface area contributed by atoms with Crippen molar-refractivity contribution in [3.8, 4) is 0 Å². The highest BCUT2D eigenvalue weighted by Gasteiger charge is 2.15. The van der Waals surface area contributed by atoms with Crippen LogP contribution in [0.4, 0.5) is 0 Å². The van der Waals surface area contributed by atoms with E-state index < -0.39 is 8.07 Å². The van der Waals surface area contributed by atoms with Crippen molar-refractivity contribution in [3.63, 3.8) is 0 Å². The summed E-state index contributed by atoms with van der Waals surface area (Å²) in [5.41, 5.74) is 1.40. The van der Waals surface area contributed by atoms with Gasteiger partial charge in [0.25, 0.3) is 0 Å². The Balaban J connectivity index is 1.68. The molecule has 20 heavy (non-hydrogen) atoms. The molecule has 0 atom stereocenters. The molecule has 1 aliphatic rings. The Labute approximate surface area is 129 Å². The van der Waals surface area contributed by atoms with Crippen LogP contribution >= 0.6 is 11.8 Å². The monoisotopic (exact) mass is 308 g/mol. The highest BCUT2D eigenvalue weighted by Crippen LogP contribution is 2.08. The van der Waals surface area contributed by atoms with Crippen LogP contribution < -0.4 is 10.5 Å². The first-order chi connectivity index (χ1) is 9.55. The zero-order chi connectivity index (χ0) is 14.4. The Morgan fingerprint density at radius 3 is 2.35 bits per heavy atom. The van der Waals surface area contributed by atoms with Crippen LogP contribution in [0.1, 0.15) is 5.56 Å². The Hall–Kier alpha value is -0.293. The van der Waals surface area contributed by atoms with Crippen molar-refractivity contribution in [2.24, 2.45) is 0 Å². The van der Waals surface area contributed by atoms with Gasteiger partial charge in [-0.1, -0.05) is 49.1 Å². The van der Waals surface area contributed by atoms with Crippen molar-refractivity contribution in [1.82, 2.24) is 10.2 Å². The molecule has 1 aliphatic heterocycles. The third kappa shape index (κ3) is 5.24. The maximum absolute atomic E-state index is 3.57. The number of hydrogen-bond donors (Lipinski definition) is 1. The molecule has 0 unspecified atom stereocenters. The van der Waals surface area contributed by atoms with Crippen LogP contribution in [0.25, 0.3) is 0 Å². The molecule has 1 aromatic rings. The molecule has 1 aromatic carbocycles. The standard InChI is InChI=1S/C16H28N2SSi/c1-20(2,3)16-6-4-15(5-7-16)14-17-8-9-18-10-12-19-13-11-18/h4-7,17H,8-14H2,1-3H3. The van der Waals surface area contributed by atoms with Gasteiger partial charge >= 0.3 is 0 Å². The van der Waals surface area contributed by atoms with Gasteiger partial charge in [-0.3, -0.25) is 0 Å². The summed E-state index contributed by atoms with van der Waals surface area (Å²) < 4.78 is 0. The van der Waals surface area contributed by atoms with Crippen molar-refractivity contribution >= 4 is 25.0 Å². The normalized spacial score (nSPS) is 17.4. The summed E-state index contributed by atoms with van der Waals surface area (Å²) >= 11 is 2.08. The lowest BCUT2D eigenvalue weighted by atomic mass is 10.2. The third-order valence-corrected chi connectivity index (χ3v) is 6.87. The summed E-state index contributed by atoms with van der Waals surface area (Å²) in [4.78, 5) is 2.57. The third-order valence-electron chi connectivity index (χ3n) is 3.86. The second-order valence-electron chi connectivity index (χ2n) is 6.58. The van der Waals surface area contributed by atoms with Gasteiger partial charge in [-0.25, -0.2) is 0 Å². The highest BCUT2D eigenvalue weighted by molar-refractivity contribution is 7.99. The summed E-state index contributed by atoms with van der Waals surface area (Å²) in [5, 5.41) is 5.12. The van der Waals surface area contributed by atoms with Crippen molar-refractivity contribution in [3.05, 3.63) is 29.8 Å². The maximum Gasteiger partial charge on any atom is 0.0775 e. The molecule has 1 heterocycles. The zero-order valence-electron chi connectivity index (χ0n) is 13.1. The van der Waals surface area contributed by atoms with Gasteiger partial charge < -0.3 is 10.2 Å². The molecule has 112 valence electrons. The van der Waals surface area contributed by atoms with Crippen molar-refractivity contribution in [2.75, 3.05) is 37.7 Å². The predicted molar refractivity (Wildman–Crippen MR) is 94.9 cm³/mol. The molecule has 1 fully saturated rings. The van der Waals surface area contributed by atoms with Gasteiger partial charge in [-0.15, -0.1) is 0 Å². The van der Waals surface area contributed by atoms with E-state index in [1.54, 1.807) is 5.19 Å². The Morgan fingerprint density at radius 1 is 1.10 bits per heavy atom. The second-order valence-corrected chi connectivity index (χ2v) is 12.9. The van der Waals surface area contributed by atoms with Gasteiger partial charge in [0.15, 0.2) is 0 Å². The van der Waals surface area contributed by atoms with E-state index in [4.69, 9.17) is 0 Å². The Morgan fingerprint density at radius 2 is 1.75 bits per heavy atom. The zero-order valence-corrected chi connectivity index (χ0v) is 14.9. The molecule has 0 radical (unpaired) electrons. The topological polar surface area (TPSA) is 15.3 Å². The van der Waals surface area contributed by atoms with Crippen LogP contribution in [-0.2, 0) is 6.54 Å². The molecular formula is C16H28N2SSi. The number of rotatable bonds is 6. The second kappa shape index (κ2) is 7.64. The first kappa shape index (κ1) is 16.1. The SMILES string of the molecule is C[Si](C)(C)c1ccc(CNCCN2CCSCC2)cc1. The van der Waals surface area contributed by atoms with Crippen molar-refractivity contribution in [2.45, 2.75) is 26.2 Å². The van der Waals surface area contributed by atoms with Crippen LogP contribution in [0.3, 0.4) is 0 Å². The van der Waals surface area contributed by atoms with Crippen molar-refractivity contribution in [1.29, 1.82) is 0 Å². The summed E-state index contributed by atoms with van der Waals surface area (Å²) in [7, 11) is -1.15. The maximum atomic E-state index is 3.57. The number of nitrogens with zero attached hydrogens (tertiary/aromatic N) is 1. The first-order valence-electron chi connectivity index (χ1n) is 7.66. The minimum atomic E-state index is -1.15. The lowest BCUT2D eigenvalue weighted by molar-refractivity contribution is 0.301. The molecule has 0 bridgehead atoms. The van der Waals surface area contributed by atoms with E-state index in [0.717, 1.165) is 13.1 Å². The summed E-state index contributed by atoms with van der Waals surface area (Å²) in [6, 6.07) is 9.23. The average Bonchev–Trinajstić information content (AvgIpc) is 2.44. The number of nitrogens with one attached hydrogen (secondary N) is 1. The lowest BCUT2D eigenvalue weighted by Gasteiger charge is -2.26. The minimum absolute atomic E-state index is 0.995. The van der Waals surface area contributed by atoms with Crippen LogP contribution in [0, 0.1) is 0 Å². The van der Waals surface area contributed by atoms with E-state index >= 15 is 0 Å². The molecule has 0 amide bonds. The van der Waals surface area contributed by atoms with Gasteiger partial charge in [0, 0.05) is 44.2 Å².